The molecule has 0 amide bonds. The molecule has 0 aliphatic heterocycles. The number of hydrogen-bond donors (Lipinski definition) is 1. The van der Waals surface area contributed by atoms with Gasteiger partial charge < -0.3 is 19.0 Å². The number of unbranched alkanes of at least 4 members (excludes halogenated alkanes) is 13. The molecule has 1 atom stereocenters. The molecule has 8 nitrogen and oxygen atoms in total. The smallest absolute Gasteiger partial charge is 0.339 e. The van der Waals surface area contributed by atoms with Gasteiger partial charge in [0.05, 0.1) is 27.1 Å². The number of methoxy groups -OCH3 is 2. The molecule has 0 radical (unpaired) electrons. The van der Waals surface area contributed by atoms with Crippen molar-refractivity contribution in [2.75, 3.05) is 20.8 Å². The van der Waals surface area contributed by atoms with E-state index in [1.165, 1.54) is 77.7 Å². The third-order valence-corrected chi connectivity index (χ3v) is 5.65. The third kappa shape index (κ3) is 14.4. The first kappa shape index (κ1) is 30.3. The number of rotatable bonds is 21. The highest BCUT2D eigenvalue weighted by Crippen LogP contribution is 2.25. The minimum atomic E-state index is -1.80. The molecule has 0 bridgehead atoms. The number of ether oxygens (including phenoxy) is 3. The Morgan fingerprint density at radius 3 is 1.50 bits per heavy atom. The maximum absolute atomic E-state index is 12.3. The summed E-state index contributed by atoms with van der Waals surface area (Å²) in [4.78, 5) is 40.0. The lowest BCUT2D eigenvalue weighted by Crippen LogP contribution is -2.47. The van der Waals surface area contributed by atoms with Crippen molar-refractivity contribution in [3.63, 3.8) is 0 Å². The Kier molecular flexibility index (Phi) is 18.9. The first-order chi connectivity index (χ1) is 15.5. The van der Waals surface area contributed by atoms with Crippen molar-refractivity contribution in [2.24, 2.45) is 5.90 Å². The van der Waals surface area contributed by atoms with Crippen LogP contribution in [0.3, 0.4) is 0 Å². The van der Waals surface area contributed by atoms with Gasteiger partial charge in [0.25, 0.3) is 0 Å². The molecule has 2 N–H and O–H groups in total. The van der Waals surface area contributed by atoms with Crippen LogP contribution in [0.15, 0.2) is 0 Å². The number of hydrogen-bond acceptors (Lipinski definition) is 8. The molecule has 1 unspecified atom stereocenters. The van der Waals surface area contributed by atoms with Crippen molar-refractivity contribution >= 4 is 17.9 Å². The van der Waals surface area contributed by atoms with Crippen molar-refractivity contribution in [2.45, 2.75) is 115 Å². The van der Waals surface area contributed by atoms with E-state index in [0.717, 1.165) is 20.0 Å². The van der Waals surface area contributed by atoms with Gasteiger partial charge in [-0.1, -0.05) is 90.4 Å². The molecule has 0 aliphatic rings. The first-order valence-electron chi connectivity index (χ1n) is 12.1. The number of carbonyl (C=O) groups excluding carboxylic acids is 3. The molecule has 0 aliphatic carbocycles. The van der Waals surface area contributed by atoms with E-state index in [0.29, 0.717) is 6.42 Å². The minimum Gasteiger partial charge on any atom is -0.469 e. The molecule has 0 spiro atoms. The Balaban J connectivity index is 4.10. The molecule has 0 heterocycles. The second-order valence-electron chi connectivity index (χ2n) is 8.35. The average molecular weight is 460 g/mol. The van der Waals surface area contributed by atoms with E-state index in [4.69, 9.17) is 15.4 Å². The summed E-state index contributed by atoms with van der Waals surface area (Å²) in [6.07, 6.45) is 16.2. The molecule has 0 aromatic carbocycles. The van der Waals surface area contributed by atoms with Gasteiger partial charge in [-0.15, -0.1) is 0 Å². The van der Waals surface area contributed by atoms with Crippen LogP contribution in [-0.4, -0.2) is 44.3 Å². The quantitative estimate of drug-likeness (QED) is 0.148. The predicted molar refractivity (Wildman–Crippen MR) is 123 cm³/mol. The summed E-state index contributed by atoms with van der Waals surface area (Å²) in [5.74, 6) is 2.49. The highest BCUT2D eigenvalue weighted by atomic mass is 16.7. The van der Waals surface area contributed by atoms with Gasteiger partial charge in [-0.05, 0) is 6.42 Å². The molecule has 0 saturated carbocycles. The summed E-state index contributed by atoms with van der Waals surface area (Å²) in [5, 5.41) is 0. The zero-order chi connectivity index (χ0) is 24.1. The molecular weight excluding hydrogens is 414 g/mol. The van der Waals surface area contributed by atoms with E-state index in [1.807, 2.05) is 0 Å². The van der Waals surface area contributed by atoms with E-state index in [2.05, 4.69) is 16.5 Å². The van der Waals surface area contributed by atoms with Crippen LogP contribution >= 0.6 is 0 Å². The predicted octanol–water partition coefficient (Wildman–Crippen LogP) is 4.77. The average Bonchev–Trinajstić information content (AvgIpc) is 2.80. The van der Waals surface area contributed by atoms with Gasteiger partial charge in [0.1, 0.15) is 0 Å². The molecule has 188 valence electrons. The molecule has 0 aromatic rings. The van der Waals surface area contributed by atoms with Crippen LogP contribution in [0.2, 0.25) is 0 Å². The van der Waals surface area contributed by atoms with E-state index in [9.17, 15) is 14.4 Å². The second kappa shape index (κ2) is 20.0. The molecule has 0 rings (SSSR count). The largest absolute Gasteiger partial charge is 0.469 e. The molecule has 0 fully saturated rings. The van der Waals surface area contributed by atoms with E-state index in [1.54, 1.807) is 0 Å². The topological polar surface area (TPSA) is 114 Å². The summed E-state index contributed by atoms with van der Waals surface area (Å²) in [6, 6.07) is 0. The SMILES string of the molecule is CCCCCCCCCCCCCCCCOC(CC(=O)OC)(CC(=O)ON)C(=O)OC. The number of nitrogens with two attached hydrogens (primary N) is 1. The molecular formula is C24H45NO7. The van der Waals surface area contributed by atoms with Crippen LogP contribution in [-0.2, 0) is 33.4 Å². The molecule has 32 heavy (non-hydrogen) atoms. The van der Waals surface area contributed by atoms with Crippen LogP contribution in [0, 0.1) is 0 Å². The lowest BCUT2D eigenvalue weighted by Gasteiger charge is -2.29. The zero-order valence-electron chi connectivity index (χ0n) is 20.5. The first-order valence-corrected chi connectivity index (χ1v) is 12.1. The normalized spacial score (nSPS) is 12.8. The summed E-state index contributed by atoms with van der Waals surface area (Å²) in [5.41, 5.74) is -1.80. The highest BCUT2D eigenvalue weighted by molar-refractivity contribution is 5.90. The Hall–Kier alpha value is -1.67. The van der Waals surface area contributed by atoms with Crippen molar-refractivity contribution in [1.29, 1.82) is 0 Å². The lowest BCUT2D eigenvalue weighted by molar-refractivity contribution is -0.183. The van der Waals surface area contributed by atoms with Crippen LogP contribution in [0.4, 0.5) is 0 Å². The van der Waals surface area contributed by atoms with Crippen LogP contribution in [0.25, 0.3) is 0 Å². The summed E-state index contributed by atoms with van der Waals surface area (Å²) in [7, 11) is 2.36. The standard InChI is InChI=1S/C24H45NO7/c1-4-5-6-7-8-9-10-11-12-13-14-15-16-17-18-31-24(23(28)30-3,19-21(26)29-2)20-22(27)32-25/h4-20,25H2,1-3H3. The van der Waals surface area contributed by atoms with Crippen LogP contribution in [0.1, 0.15) is 110 Å². The van der Waals surface area contributed by atoms with Gasteiger partial charge in [0.2, 0.25) is 0 Å². The fourth-order valence-electron chi connectivity index (χ4n) is 3.70. The summed E-state index contributed by atoms with van der Waals surface area (Å²) in [6.45, 7) is 2.46. The maximum atomic E-state index is 12.3. The Labute approximate surface area is 193 Å². The van der Waals surface area contributed by atoms with Gasteiger partial charge in [0.15, 0.2) is 5.60 Å². The summed E-state index contributed by atoms with van der Waals surface area (Å²) < 4.78 is 15.1. The fraction of sp³-hybridized carbons (Fsp3) is 0.875. The Morgan fingerprint density at radius 2 is 1.09 bits per heavy atom. The highest BCUT2D eigenvalue weighted by Gasteiger charge is 2.46. The van der Waals surface area contributed by atoms with Crippen LogP contribution in [0.5, 0.6) is 0 Å². The number of carbonyl (C=O) groups is 3. The maximum Gasteiger partial charge on any atom is 0.339 e. The van der Waals surface area contributed by atoms with Gasteiger partial charge >= 0.3 is 17.9 Å². The van der Waals surface area contributed by atoms with Gasteiger partial charge in [-0.2, -0.15) is 5.90 Å². The van der Waals surface area contributed by atoms with Crippen LogP contribution < -0.4 is 5.90 Å². The van der Waals surface area contributed by atoms with Crippen molar-refractivity contribution in [3.8, 4) is 0 Å². The van der Waals surface area contributed by atoms with Crippen molar-refractivity contribution in [3.05, 3.63) is 0 Å². The van der Waals surface area contributed by atoms with E-state index in [-0.39, 0.29) is 6.61 Å². The van der Waals surface area contributed by atoms with Gasteiger partial charge in [0, 0.05) is 6.61 Å². The second-order valence-corrected chi connectivity index (χ2v) is 8.35. The fourth-order valence-corrected chi connectivity index (χ4v) is 3.70. The van der Waals surface area contributed by atoms with Crippen molar-refractivity contribution < 1.29 is 33.4 Å². The minimum absolute atomic E-state index is 0.210. The van der Waals surface area contributed by atoms with E-state index < -0.39 is 36.4 Å². The Morgan fingerprint density at radius 1 is 0.656 bits per heavy atom. The van der Waals surface area contributed by atoms with Gasteiger partial charge in [-0.3, -0.25) is 9.59 Å². The van der Waals surface area contributed by atoms with E-state index >= 15 is 0 Å². The Bertz CT molecular complexity index is 493. The molecule has 8 heteroatoms. The molecule has 0 saturated heterocycles. The zero-order valence-corrected chi connectivity index (χ0v) is 20.5. The summed E-state index contributed by atoms with van der Waals surface area (Å²) >= 11 is 0. The third-order valence-electron chi connectivity index (χ3n) is 5.65. The monoisotopic (exact) mass is 459 g/mol. The van der Waals surface area contributed by atoms with Crippen molar-refractivity contribution in [1.82, 2.24) is 0 Å². The van der Waals surface area contributed by atoms with Gasteiger partial charge in [-0.25, -0.2) is 4.79 Å². The number of esters is 2. The lowest BCUT2D eigenvalue weighted by atomic mass is 9.95. The molecule has 0 aromatic heterocycles.